The van der Waals surface area contributed by atoms with E-state index < -0.39 is 13.5 Å². The minimum absolute atomic E-state index is 0.0449. The largest absolute Gasteiger partial charge is 0.492 e. The van der Waals surface area contributed by atoms with Gasteiger partial charge in [0, 0.05) is 38.0 Å². The molecule has 1 aromatic heterocycles. The number of oxazole rings is 1. The van der Waals surface area contributed by atoms with Gasteiger partial charge in [-0.2, -0.15) is 0 Å². The average molecular weight is 587 g/mol. The Morgan fingerprint density at radius 3 is 2.68 bits per heavy atom. The van der Waals surface area contributed by atoms with E-state index in [2.05, 4.69) is 10.3 Å². The highest BCUT2D eigenvalue weighted by Crippen LogP contribution is 2.46. The van der Waals surface area contributed by atoms with Gasteiger partial charge in [-0.25, -0.2) is 9.78 Å². The van der Waals surface area contributed by atoms with E-state index in [0.717, 1.165) is 11.1 Å². The van der Waals surface area contributed by atoms with Crippen molar-refractivity contribution in [3.8, 4) is 22.8 Å². The van der Waals surface area contributed by atoms with Crippen LogP contribution >= 0.6 is 7.37 Å². The maximum Gasteiger partial charge on any atom is 0.407 e. The van der Waals surface area contributed by atoms with E-state index in [1.807, 2.05) is 24.3 Å². The molecule has 2 heterocycles. The van der Waals surface area contributed by atoms with Gasteiger partial charge >= 0.3 is 6.09 Å². The molecule has 41 heavy (non-hydrogen) atoms. The van der Waals surface area contributed by atoms with Crippen LogP contribution in [0.5, 0.6) is 11.5 Å². The number of methoxy groups -OCH3 is 1. The van der Waals surface area contributed by atoms with Gasteiger partial charge in [0.15, 0.2) is 30.0 Å². The number of benzene rings is 2. The van der Waals surface area contributed by atoms with Gasteiger partial charge in [0.25, 0.3) is 0 Å². The van der Waals surface area contributed by atoms with Crippen molar-refractivity contribution < 1.29 is 42.0 Å². The number of carbonyl (C=O) groups excluding carboxylic acids is 2. The van der Waals surface area contributed by atoms with Crippen LogP contribution in [0.4, 0.5) is 4.79 Å². The number of hydrogen-bond acceptors (Lipinski definition) is 10. The van der Waals surface area contributed by atoms with Crippen molar-refractivity contribution in [3.05, 3.63) is 65.7 Å². The summed E-state index contributed by atoms with van der Waals surface area (Å²) in [5, 5.41) is 2.74. The SMILES string of the molecule is CCOP(C)(=O)COc1c(CC(=O)Cc2cccc(CNC(=O)O[C@H]3CCOC3)c2)ccc(-c2cnco2)c1OC. The van der Waals surface area contributed by atoms with Crippen molar-refractivity contribution in [1.29, 1.82) is 0 Å². The van der Waals surface area contributed by atoms with E-state index in [1.165, 1.54) is 20.2 Å². The lowest BCUT2D eigenvalue weighted by Gasteiger charge is -2.19. The van der Waals surface area contributed by atoms with Crippen molar-refractivity contribution in [3.63, 3.8) is 0 Å². The average Bonchev–Trinajstić information content (AvgIpc) is 3.66. The first-order valence-corrected chi connectivity index (χ1v) is 15.6. The summed E-state index contributed by atoms with van der Waals surface area (Å²) in [5.74, 6) is 1.02. The normalized spacial score (nSPS) is 16.1. The smallest absolute Gasteiger partial charge is 0.407 e. The van der Waals surface area contributed by atoms with Crippen LogP contribution in [-0.4, -0.2) is 62.9 Å². The Kier molecular flexibility index (Phi) is 10.6. The number of amides is 1. The molecule has 1 aliphatic rings. The van der Waals surface area contributed by atoms with E-state index in [4.69, 9.17) is 27.9 Å². The van der Waals surface area contributed by atoms with Crippen LogP contribution < -0.4 is 14.8 Å². The number of ketones is 1. The molecule has 1 unspecified atom stereocenters. The van der Waals surface area contributed by atoms with Gasteiger partial charge in [-0.1, -0.05) is 30.3 Å². The van der Waals surface area contributed by atoms with Crippen molar-refractivity contribution in [2.24, 2.45) is 0 Å². The summed E-state index contributed by atoms with van der Waals surface area (Å²) in [7, 11) is -1.56. The quantitative estimate of drug-likeness (QED) is 0.257. The fourth-order valence-corrected chi connectivity index (χ4v) is 5.45. The zero-order valence-corrected chi connectivity index (χ0v) is 24.3. The molecule has 1 saturated heterocycles. The van der Waals surface area contributed by atoms with Gasteiger partial charge in [-0.15, -0.1) is 0 Å². The Balaban J connectivity index is 1.46. The summed E-state index contributed by atoms with van der Waals surface area (Å²) in [6, 6.07) is 11.0. The molecule has 0 saturated carbocycles. The molecule has 220 valence electrons. The van der Waals surface area contributed by atoms with Crippen molar-refractivity contribution in [1.82, 2.24) is 10.3 Å². The monoisotopic (exact) mass is 586 g/mol. The first kappa shape index (κ1) is 30.3. The summed E-state index contributed by atoms with van der Waals surface area (Å²) in [6.45, 7) is 4.81. The summed E-state index contributed by atoms with van der Waals surface area (Å²) in [5.41, 5.74) is 2.79. The molecule has 0 bridgehead atoms. The third-order valence-electron chi connectivity index (χ3n) is 6.32. The van der Waals surface area contributed by atoms with Gasteiger partial charge in [0.1, 0.15) is 11.9 Å². The molecule has 0 aliphatic carbocycles. The molecule has 4 rings (SSSR count). The number of rotatable bonds is 14. The van der Waals surface area contributed by atoms with Crippen LogP contribution in [0.25, 0.3) is 11.3 Å². The standard InChI is InChI=1S/C29H35N2O9P/c1-4-39-41(3,34)19-38-27-22(8-9-25(28(27)35-2)26-16-30-18-37-26)14-23(32)13-20-6-5-7-21(12-20)15-31-29(33)40-24-10-11-36-17-24/h5-9,12,16,18,24H,4,10-11,13-15,17,19H2,1-3H3,(H,31,33)/t24-,41?/m0/s1. The number of ether oxygens (including phenoxy) is 4. The second-order valence-corrected chi connectivity index (χ2v) is 12.2. The van der Waals surface area contributed by atoms with Crippen LogP contribution in [0.3, 0.4) is 0 Å². The lowest BCUT2D eigenvalue weighted by Crippen LogP contribution is -2.28. The number of nitrogens with one attached hydrogen (secondary N) is 1. The fraction of sp³-hybridized carbons (Fsp3) is 0.414. The Bertz CT molecular complexity index is 1370. The lowest BCUT2D eigenvalue weighted by atomic mass is 9.98. The molecule has 11 nitrogen and oxygen atoms in total. The van der Waals surface area contributed by atoms with E-state index >= 15 is 0 Å². The Labute approximate surface area is 238 Å². The molecule has 12 heteroatoms. The van der Waals surface area contributed by atoms with Gasteiger partial charge in [0.05, 0.1) is 38.7 Å². The van der Waals surface area contributed by atoms with Crippen LogP contribution in [0.1, 0.15) is 30.0 Å². The highest BCUT2D eigenvalue weighted by molar-refractivity contribution is 7.57. The van der Waals surface area contributed by atoms with Crippen LogP contribution in [0, 0.1) is 0 Å². The second kappa shape index (κ2) is 14.3. The van der Waals surface area contributed by atoms with Crippen LogP contribution in [0.2, 0.25) is 0 Å². The zero-order chi connectivity index (χ0) is 29.2. The number of alkyl carbamates (subject to hydrolysis) is 1. The van der Waals surface area contributed by atoms with Crippen LogP contribution in [-0.2, 0) is 42.7 Å². The lowest BCUT2D eigenvalue weighted by molar-refractivity contribution is -0.117. The third kappa shape index (κ3) is 8.66. The third-order valence-corrected chi connectivity index (χ3v) is 7.72. The van der Waals surface area contributed by atoms with Crippen molar-refractivity contribution >= 4 is 19.2 Å². The molecule has 0 spiro atoms. The number of hydrogen-bond donors (Lipinski definition) is 1. The Morgan fingerprint density at radius 2 is 1.98 bits per heavy atom. The van der Waals surface area contributed by atoms with Gasteiger partial charge in [-0.05, 0) is 24.1 Å². The number of Topliss-reactive ketones (excluding diaryl/α,β-unsaturated/α-hetero) is 1. The Morgan fingerprint density at radius 1 is 1.15 bits per heavy atom. The molecule has 1 aliphatic heterocycles. The van der Waals surface area contributed by atoms with Crippen molar-refractivity contribution in [2.45, 2.75) is 38.8 Å². The van der Waals surface area contributed by atoms with Crippen LogP contribution in [0.15, 0.2) is 53.4 Å². The maximum absolute atomic E-state index is 13.2. The predicted octanol–water partition coefficient (Wildman–Crippen LogP) is 5.00. The maximum atomic E-state index is 13.2. The van der Waals surface area contributed by atoms with Crippen molar-refractivity contribution in [2.75, 3.05) is 39.9 Å². The second-order valence-electron chi connectivity index (χ2n) is 9.66. The predicted molar refractivity (Wildman–Crippen MR) is 151 cm³/mol. The summed E-state index contributed by atoms with van der Waals surface area (Å²) < 4.78 is 45.8. The Hall–Kier alpha value is -3.66. The molecule has 1 amide bonds. The highest BCUT2D eigenvalue weighted by Gasteiger charge is 2.24. The summed E-state index contributed by atoms with van der Waals surface area (Å²) >= 11 is 0. The first-order valence-electron chi connectivity index (χ1n) is 13.3. The molecule has 3 aromatic rings. The van der Waals surface area contributed by atoms with E-state index in [1.54, 1.807) is 25.3 Å². The summed E-state index contributed by atoms with van der Waals surface area (Å²) in [4.78, 5) is 29.3. The number of nitrogens with zero attached hydrogens (tertiary/aromatic N) is 1. The number of carbonyl (C=O) groups is 2. The minimum Gasteiger partial charge on any atom is -0.492 e. The topological polar surface area (TPSA) is 135 Å². The molecule has 1 fully saturated rings. The zero-order valence-electron chi connectivity index (χ0n) is 23.4. The molecule has 0 radical (unpaired) electrons. The molecular formula is C29H35N2O9P. The van der Waals surface area contributed by atoms with Gasteiger partial charge < -0.3 is 33.2 Å². The molecular weight excluding hydrogens is 551 g/mol. The molecule has 2 aromatic carbocycles. The summed E-state index contributed by atoms with van der Waals surface area (Å²) in [6.07, 6.45) is 2.83. The first-order chi connectivity index (χ1) is 19.8. The van der Waals surface area contributed by atoms with E-state index in [-0.39, 0.29) is 44.2 Å². The molecule has 2 atom stereocenters. The van der Waals surface area contributed by atoms with E-state index in [0.29, 0.717) is 48.0 Å². The number of aromatic nitrogens is 1. The van der Waals surface area contributed by atoms with Gasteiger partial charge in [0.2, 0.25) is 7.37 Å². The minimum atomic E-state index is -3.04. The molecule has 1 N–H and O–H groups in total. The fourth-order valence-electron chi connectivity index (χ4n) is 4.46. The van der Waals surface area contributed by atoms with E-state index in [9.17, 15) is 14.2 Å². The van der Waals surface area contributed by atoms with Gasteiger partial charge in [-0.3, -0.25) is 9.36 Å². The highest BCUT2D eigenvalue weighted by atomic mass is 31.2.